The predicted octanol–water partition coefficient (Wildman–Crippen LogP) is -0.0417. The third-order valence-corrected chi connectivity index (χ3v) is 1.24. The maximum atomic E-state index is 11.1. The van der Waals surface area contributed by atoms with Crippen molar-refractivity contribution in [3.05, 3.63) is 0 Å². The average molecular weight is 236 g/mol. The fourth-order valence-corrected chi connectivity index (χ4v) is 0.661. The first-order valence-electron chi connectivity index (χ1n) is 4.83. The van der Waals surface area contributed by atoms with Crippen LogP contribution >= 0.6 is 0 Å². The van der Waals surface area contributed by atoms with Crippen LogP contribution in [0.25, 0.3) is 0 Å². The van der Waals surface area contributed by atoms with E-state index in [1.807, 2.05) is 0 Å². The second-order valence-corrected chi connectivity index (χ2v) is 4.15. The molecule has 0 bridgehead atoms. The molecule has 0 aromatic rings. The van der Waals surface area contributed by atoms with E-state index in [2.05, 4.69) is 16.6 Å². The molecule has 0 aliphatic carbocycles. The first kappa shape index (κ1) is 15.2. The van der Waals surface area contributed by atoms with Crippen molar-refractivity contribution in [3.63, 3.8) is 0 Å². The van der Waals surface area contributed by atoms with Crippen molar-refractivity contribution < 1.29 is 23.9 Å². The molecule has 0 fully saturated rings. The summed E-state index contributed by atoms with van der Waals surface area (Å²) < 4.78 is 9.27. The highest BCUT2D eigenvalue weighted by Crippen LogP contribution is 2.06. The Morgan fingerprint density at radius 2 is 1.76 bits per heavy atom. The molecule has 5 nitrogen and oxygen atoms in total. The van der Waals surface area contributed by atoms with Gasteiger partial charge in [-0.2, -0.15) is 0 Å². The first-order valence-corrected chi connectivity index (χ1v) is 4.83. The summed E-state index contributed by atoms with van der Waals surface area (Å²) in [5.74, 6) is 1.53. The minimum Gasteiger partial charge on any atom is -0.454 e. The maximum Gasteiger partial charge on any atom is 0.384 e. The molecule has 0 N–H and O–H groups in total. The summed E-state index contributed by atoms with van der Waals surface area (Å²) in [5.41, 5.74) is -0.661. The van der Waals surface area contributed by atoms with E-state index in [9.17, 15) is 14.4 Å². The Morgan fingerprint density at radius 3 is 2.18 bits per heavy atom. The Bertz CT molecular complexity index is 383. The van der Waals surface area contributed by atoms with E-state index >= 15 is 0 Å². The monoisotopic (exact) mass is 236 g/mol. The molecule has 0 saturated heterocycles. The van der Waals surface area contributed by atoms with Crippen LogP contribution in [0.4, 0.5) is 0 Å². The van der Waals surface area contributed by atoms with Crippen molar-refractivity contribution >= 4 is 25.6 Å². The van der Waals surface area contributed by atoms with E-state index in [1.54, 1.807) is 20.8 Å². The molecule has 0 heterocycles. The van der Waals surface area contributed by atoms with Gasteiger partial charge in [-0.05, 0) is 20.8 Å². The standard InChI is InChI=1S/C11H13BO5/c1-7(13)10(15)16-8(12)5-6-9(14)17-11(2,3)4/h8H,1-4H3. The lowest BCUT2D eigenvalue weighted by Crippen LogP contribution is -2.24. The fourth-order valence-electron chi connectivity index (χ4n) is 0.661. The summed E-state index contributed by atoms with van der Waals surface area (Å²) in [4.78, 5) is 32.5. The molecular weight excluding hydrogens is 223 g/mol. The van der Waals surface area contributed by atoms with Gasteiger partial charge in [0.2, 0.25) is 5.78 Å². The van der Waals surface area contributed by atoms with Crippen LogP contribution in [-0.2, 0) is 23.9 Å². The van der Waals surface area contributed by atoms with Crippen LogP contribution in [0.2, 0.25) is 0 Å². The lowest BCUT2D eigenvalue weighted by molar-refractivity contribution is -0.153. The number of ether oxygens (including phenoxy) is 2. The minimum absolute atomic E-state index is 0.661. The normalized spacial score (nSPS) is 11.8. The largest absolute Gasteiger partial charge is 0.454 e. The van der Waals surface area contributed by atoms with E-state index in [1.165, 1.54) is 0 Å². The summed E-state index contributed by atoms with van der Waals surface area (Å²) in [6.45, 7) is 6.09. The smallest absolute Gasteiger partial charge is 0.384 e. The zero-order valence-corrected chi connectivity index (χ0v) is 10.2. The van der Waals surface area contributed by atoms with E-state index in [4.69, 9.17) is 12.6 Å². The van der Waals surface area contributed by atoms with Gasteiger partial charge in [0.1, 0.15) is 19.5 Å². The zero-order chi connectivity index (χ0) is 13.6. The van der Waals surface area contributed by atoms with Gasteiger partial charge in [-0.25, -0.2) is 9.59 Å². The molecule has 0 spiro atoms. The van der Waals surface area contributed by atoms with E-state index in [0.29, 0.717) is 0 Å². The third-order valence-electron chi connectivity index (χ3n) is 1.24. The highest BCUT2D eigenvalue weighted by atomic mass is 16.6. The van der Waals surface area contributed by atoms with Gasteiger partial charge in [-0.1, -0.05) is 5.92 Å². The predicted molar refractivity (Wildman–Crippen MR) is 59.9 cm³/mol. The van der Waals surface area contributed by atoms with Crippen LogP contribution in [0, 0.1) is 11.8 Å². The van der Waals surface area contributed by atoms with Crippen molar-refractivity contribution in [1.82, 2.24) is 0 Å². The number of carbonyl (C=O) groups excluding carboxylic acids is 3. The van der Waals surface area contributed by atoms with E-state index in [0.717, 1.165) is 6.92 Å². The van der Waals surface area contributed by atoms with E-state index in [-0.39, 0.29) is 0 Å². The lowest BCUT2D eigenvalue weighted by atomic mass is 10.0. The Balaban J connectivity index is 4.31. The molecule has 1 unspecified atom stereocenters. The number of hydrogen-bond acceptors (Lipinski definition) is 5. The second kappa shape index (κ2) is 6.09. The van der Waals surface area contributed by atoms with Gasteiger partial charge in [-0.3, -0.25) is 4.79 Å². The molecule has 0 aliphatic heterocycles. The van der Waals surface area contributed by atoms with Gasteiger partial charge < -0.3 is 9.47 Å². The van der Waals surface area contributed by atoms with Crippen molar-refractivity contribution in [1.29, 1.82) is 0 Å². The SMILES string of the molecule is [B]C(C#CC(=O)OC(C)(C)C)OC(=O)C(C)=O. The molecular formula is C11H13BO5. The van der Waals surface area contributed by atoms with Crippen LogP contribution in [0.1, 0.15) is 27.7 Å². The molecule has 0 saturated carbocycles. The Kier molecular flexibility index (Phi) is 5.46. The Hall–Kier alpha value is -1.77. The number of rotatable bonds is 2. The number of carbonyl (C=O) groups is 3. The summed E-state index contributed by atoms with van der Waals surface area (Å²) in [5, 5.41) is 0. The molecule has 2 radical (unpaired) electrons. The van der Waals surface area contributed by atoms with Crippen molar-refractivity contribution in [2.45, 2.75) is 39.3 Å². The number of esters is 2. The zero-order valence-electron chi connectivity index (χ0n) is 10.2. The van der Waals surface area contributed by atoms with Crippen LogP contribution in [0.15, 0.2) is 0 Å². The molecule has 0 amide bonds. The molecule has 0 rings (SSSR count). The number of Topliss-reactive ketones (excluding diaryl/α,β-unsaturated/α-hetero) is 1. The fraction of sp³-hybridized carbons (Fsp3) is 0.545. The molecule has 6 heteroatoms. The molecule has 0 aliphatic rings. The van der Waals surface area contributed by atoms with Gasteiger partial charge in [0.05, 0.1) is 0 Å². The number of ketones is 1. The maximum absolute atomic E-state index is 11.1. The minimum atomic E-state index is -1.33. The van der Waals surface area contributed by atoms with Gasteiger partial charge in [0.15, 0.2) is 0 Å². The topological polar surface area (TPSA) is 69.7 Å². The first-order chi connectivity index (χ1) is 7.61. The van der Waals surface area contributed by atoms with Gasteiger partial charge >= 0.3 is 11.9 Å². The molecule has 1 atom stereocenters. The summed E-state index contributed by atoms with van der Waals surface area (Å²) in [6.07, 6.45) is 0. The molecule has 0 aromatic carbocycles. The Labute approximate surface area is 101 Å². The van der Waals surface area contributed by atoms with Crippen molar-refractivity contribution in [3.8, 4) is 11.8 Å². The Morgan fingerprint density at radius 1 is 1.24 bits per heavy atom. The van der Waals surface area contributed by atoms with Crippen molar-refractivity contribution in [2.24, 2.45) is 0 Å². The van der Waals surface area contributed by atoms with Gasteiger partial charge in [0, 0.05) is 12.8 Å². The van der Waals surface area contributed by atoms with E-state index < -0.39 is 29.3 Å². The highest BCUT2D eigenvalue weighted by molar-refractivity contribution is 6.33. The molecule has 90 valence electrons. The van der Waals surface area contributed by atoms with Crippen LogP contribution in [0.3, 0.4) is 0 Å². The van der Waals surface area contributed by atoms with Crippen LogP contribution < -0.4 is 0 Å². The highest BCUT2D eigenvalue weighted by Gasteiger charge is 2.15. The molecule has 17 heavy (non-hydrogen) atoms. The average Bonchev–Trinajstić information content (AvgIpc) is 2.11. The van der Waals surface area contributed by atoms with Gasteiger partial charge in [0.25, 0.3) is 0 Å². The molecule has 0 aromatic heterocycles. The number of hydrogen-bond donors (Lipinski definition) is 0. The van der Waals surface area contributed by atoms with Crippen LogP contribution in [0.5, 0.6) is 0 Å². The third kappa shape index (κ3) is 8.08. The quantitative estimate of drug-likeness (QED) is 0.221. The lowest BCUT2D eigenvalue weighted by Gasteiger charge is -2.17. The summed E-state index contributed by atoms with van der Waals surface area (Å²) in [6, 6.07) is -1.33. The van der Waals surface area contributed by atoms with Crippen molar-refractivity contribution in [2.75, 3.05) is 0 Å². The second-order valence-electron chi connectivity index (χ2n) is 4.15. The van der Waals surface area contributed by atoms with Gasteiger partial charge in [-0.15, -0.1) is 0 Å². The summed E-state index contributed by atoms with van der Waals surface area (Å²) >= 11 is 0. The van der Waals surface area contributed by atoms with Crippen LogP contribution in [-0.4, -0.2) is 37.2 Å². The summed E-state index contributed by atoms with van der Waals surface area (Å²) in [7, 11) is 5.25.